The second-order valence-electron chi connectivity index (χ2n) is 4.21. The second kappa shape index (κ2) is 5.35. The maximum Gasteiger partial charge on any atom is 0.222 e. The number of amides is 1. The first-order valence-corrected chi connectivity index (χ1v) is 5.62. The highest BCUT2D eigenvalue weighted by molar-refractivity contribution is 5.76. The third kappa shape index (κ3) is 3.66. The van der Waals surface area contributed by atoms with Crippen LogP contribution in [0.1, 0.15) is 46.0 Å². The second-order valence-corrected chi connectivity index (χ2v) is 4.21. The van der Waals surface area contributed by atoms with Gasteiger partial charge < -0.3 is 10.0 Å². The summed E-state index contributed by atoms with van der Waals surface area (Å²) in [4.78, 5) is 13.7. The van der Waals surface area contributed by atoms with E-state index in [4.69, 9.17) is 5.11 Å². The number of carbonyl (C=O) groups excluding carboxylic acids is 1. The van der Waals surface area contributed by atoms with Gasteiger partial charge in [0.05, 0.1) is 6.10 Å². The van der Waals surface area contributed by atoms with Crippen molar-refractivity contribution in [1.82, 2.24) is 4.90 Å². The third-order valence-electron chi connectivity index (χ3n) is 2.55. The van der Waals surface area contributed by atoms with E-state index >= 15 is 0 Å². The zero-order valence-electron chi connectivity index (χ0n) is 9.20. The molecule has 3 nitrogen and oxygen atoms in total. The fourth-order valence-electron chi connectivity index (χ4n) is 1.61. The smallest absolute Gasteiger partial charge is 0.222 e. The van der Waals surface area contributed by atoms with E-state index in [0.29, 0.717) is 18.9 Å². The van der Waals surface area contributed by atoms with Crippen molar-refractivity contribution < 1.29 is 9.90 Å². The SMILES string of the molecule is CCCN(C(=O)CCC(C)O)C1CC1. The molecule has 0 heterocycles. The van der Waals surface area contributed by atoms with Crippen LogP contribution in [0.5, 0.6) is 0 Å². The van der Waals surface area contributed by atoms with Crippen molar-refractivity contribution in [1.29, 1.82) is 0 Å². The molecule has 0 aromatic heterocycles. The molecule has 1 rings (SSSR count). The van der Waals surface area contributed by atoms with Gasteiger partial charge in [0.15, 0.2) is 0 Å². The molecule has 1 amide bonds. The van der Waals surface area contributed by atoms with Crippen molar-refractivity contribution in [2.45, 2.75) is 58.1 Å². The average Bonchev–Trinajstić information content (AvgIpc) is 2.93. The van der Waals surface area contributed by atoms with Gasteiger partial charge in [-0.25, -0.2) is 0 Å². The van der Waals surface area contributed by atoms with Crippen LogP contribution in [0.4, 0.5) is 0 Å². The van der Waals surface area contributed by atoms with Crippen LogP contribution in [0, 0.1) is 0 Å². The largest absolute Gasteiger partial charge is 0.393 e. The van der Waals surface area contributed by atoms with Gasteiger partial charge in [-0.3, -0.25) is 4.79 Å². The highest BCUT2D eigenvalue weighted by Crippen LogP contribution is 2.27. The summed E-state index contributed by atoms with van der Waals surface area (Å²) in [6.45, 7) is 4.70. The number of aliphatic hydroxyl groups excluding tert-OH is 1. The van der Waals surface area contributed by atoms with Crippen LogP contribution in [0.25, 0.3) is 0 Å². The standard InChI is InChI=1S/C11H21NO2/c1-3-8-12(10-5-6-10)11(14)7-4-9(2)13/h9-10,13H,3-8H2,1-2H3. The molecular formula is C11H21NO2. The van der Waals surface area contributed by atoms with Crippen LogP contribution < -0.4 is 0 Å². The molecule has 0 aliphatic heterocycles. The van der Waals surface area contributed by atoms with Crippen LogP contribution in [-0.2, 0) is 4.79 Å². The van der Waals surface area contributed by atoms with Gasteiger partial charge in [-0.2, -0.15) is 0 Å². The van der Waals surface area contributed by atoms with Crippen molar-refractivity contribution in [3.05, 3.63) is 0 Å². The number of carbonyl (C=O) groups is 1. The zero-order chi connectivity index (χ0) is 10.6. The van der Waals surface area contributed by atoms with Gasteiger partial charge >= 0.3 is 0 Å². The van der Waals surface area contributed by atoms with Gasteiger partial charge in [0.25, 0.3) is 0 Å². The van der Waals surface area contributed by atoms with E-state index in [1.807, 2.05) is 4.90 Å². The third-order valence-corrected chi connectivity index (χ3v) is 2.55. The predicted octanol–water partition coefficient (Wildman–Crippen LogP) is 1.55. The first-order chi connectivity index (χ1) is 6.65. The van der Waals surface area contributed by atoms with Crippen LogP contribution in [0.3, 0.4) is 0 Å². The monoisotopic (exact) mass is 199 g/mol. The van der Waals surface area contributed by atoms with Gasteiger partial charge in [-0.1, -0.05) is 6.92 Å². The quantitative estimate of drug-likeness (QED) is 0.705. The van der Waals surface area contributed by atoms with Gasteiger partial charge in [-0.15, -0.1) is 0 Å². The van der Waals surface area contributed by atoms with Crippen molar-refractivity contribution >= 4 is 5.91 Å². The summed E-state index contributed by atoms with van der Waals surface area (Å²) < 4.78 is 0. The summed E-state index contributed by atoms with van der Waals surface area (Å²) in [5, 5.41) is 9.10. The van der Waals surface area contributed by atoms with Crippen molar-refractivity contribution in [3.63, 3.8) is 0 Å². The molecule has 0 radical (unpaired) electrons. The van der Waals surface area contributed by atoms with E-state index in [9.17, 15) is 4.79 Å². The molecule has 1 aliphatic carbocycles. The predicted molar refractivity (Wildman–Crippen MR) is 55.9 cm³/mol. The number of nitrogens with zero attached hydrogens (tertiary/aromatic N) is 1. The lowest BCUT2D eigenvalue weighted by atomic mass is 10.2. The number of aliphatic hydroxyl groups is 1. The Morgan fingerprint density at radius 3 is 2.64 bits per heavy atom. The fourth-order valence-corrected chi connectivity index (χ4v) is 1.61. The lowest BCUT2D eigenvalue weighted by Gasteiger charge is -2.21. The molecule has 0 spiro atoms. The highest BCUT2D eigenvalue weighted by atomic mass is 16.3. The summed E-state index contributed by atoms with van der Waals surface area (Å²) in [5.74, 6) is 0.218. The van der Waals surface area contributed by atoms with Crippen molar-refractivity contribution in [2.24, 2.45) is 0 Å². The van der Waals surface area contributed by atoms with Gasteiger partial charge in [-0.05, 0) is 32.6 Å². The number of rotatable bonds is 6. The van der Waals surface area contributed by atoms with E-state index in [1.54, 1.807) is 6.92 Å². The van der Waals surface area contributed by atoms with Gasteiger partial charge in [0.2, 0.25) is 5.91 Å². The molecule has 1 saturated carbocycles. The molecule has 82 valence electrons. The molecular weight excluding hydrogens is 178 g/mol. The van der Waals surface area contributed by atoms with Crippen LogP contribution in [-0.4, -0.2) is 34.6 Å². The normalized spacial score (nSPS) is 17.9. The Kier molecular flexibility index (Phi) is 4.39. The van der Waals surface area contributed by atoms with Crippen LogP contribution in [0.15, 0.2) is 0 Å². The molecule has 0 aromatic rings. The minimum atomic E-state index is -0.360. The van der Waals surface area contributed by atoms with E-state index in [1.165, 1.54) is 12.8 Å². The summed E-state index contributed by atoms with van der Waals surface area (Å²) in [7, 11) is 0. The van der Waals surface area contributed by atoms with Crippen molar-refractivity contribution in [3.8, 4) is 0 Å². The van der Waals surface area contributed by atoms with Crippen LogP contribution in [0.2, 0.25) is 0 Å². The zero-order valence-corrected chi connectivity index (χ0v) is 9.20. The summed E-state index contributed by atoms with van der Waals surface area (Å²) in [5.41, 5.74) is 0. The van der Waals surface area contributed by atoms with Gasteiger partial charge in [0, 0.05) is 19.0 Å². The Bertz CT molecular complexity index is 188. The molecule has 1 aliphatic rings. The lowest BCUT2D eigenvalue weighted by molar-refractivity contribution is -0.132. The Hall–Kier alpha value is -0.570. The maximum absolute atomic E-state index is 11.7. The molecule has 0 bridgehead atoms. The van der Waals surface area contributed by atoms with Gasteiger partial charge in [0.1, 0.15) is 0 Å². The van der Waals surface area contributed by atoms with Crippen LogP contribution >= 0.6 is 0 Å². The Morgan fingerprint density at radius 2 is 2.21 bits per heavy atom. The first-order valence-electron chi connectivity index (χ1n) is 5.62. The molecule has 0 aromatic carbocycles. The minimum absolute atomic E-state index is 0.218. The first kappa shape index (κ1) is 11.5. The van der Waals surface area contributed by atoms with E-state index in [0.717, 1.165) is 13.0 Å². The minimum Gasteiger partial charge on any atom is -0.393 e. The topological polar surface area (TPSA) is 40.5 Å². The van der Waals surface area contributed by atoms with Crippen molar-refractivity contribution in [2.75, 3.05) is 6.54 Å². The number of hydrogen-bond acceptors (Lipinski definition) is 2. The summed E-state index contributed by atoms with van der Waals surface area (Å²) >= 11 is 0. The Morgan fingerprint density at radius 1 is 1.57 bits per heavy atom. The van der Waals surface area contributed by atoms with E-state index in [-0.39, 0.29) is 12.0 Å². The average molecular weight is 199 g/mol. The molecule has 3 heteroatoms. The molecule has 1 fully saturated rings. The molecule has 1 unspecified atom stereocenters. The maximum atomic E-state index is 11.7. The molecule has 14 heavy (non-hydrogen) atoms. The molecule has 0 saturated heterocycles. The fraction of sp³-hybridized carbons (Fsp3) is 0.909. The Labute approximate surface area is 86.1 Å². The summed E-state index contributed by atoms with van der Waals surface area (Å²) in [6.07, 6.45) is 4.08. The highest BCUT2D eigenvalue weighted by Gasteiger charge is 2.31. The summed E-state index contributed by atoms with van der Waals surface area (Å²) in [6, 6.07) is 0.511. The van der Waals surface area contributed by atoms with E-state index < -0.39 is 0 Å². The molecule has 1 N–H and O–H groups in total. The molecule has 1 atom stereocenters. The lowest BCUT2D eigenvalue weighted by Crippen LogP contribution is -2.34. The van der Waals surface area contributed by atoms with E-state index in [2.05, 4.69) is 6.92 Å². The Balaban J connectivity index is 2.30. The number of hydrogen-bond donors (Lipinski definition) is 1.